The van der Waals surface area contributed by atoms with Crippen LogP contribution in [0.15, 0.2) is 35.2 Å². The second-order valence-corrected chi connectivity index (χ2v) is 10.6. The van der Waals surface area contributed by atoms with Crippen LogP contribution in [0.1, 0.15) is 48.1 Å². The molecular formula is C25H34N2O5S. The lowest BCUT2D eigenvalue weighted by atomic mass is 9.95. The number of carbonyl (C=O) groups is 1. The smallest absolute Gasteiger partial charge is 0.246 e. The van der Waals surface area contributed by atoms with Gasteiger partial charge in [-0.1, -0.05) is 12.1 Å². The molecule has 0 aromatic heterocycles. The Hall–Kier alpha value is -2.58. The average molecular weight is 475 g/mol. The van der Waals surface area contributed by atoms with Crippen molar-refractivity contribution in [2.24, 2.45) is 5.92 Å². The number of nitrogens with zero attached hydrogens (tertiary/aromatic N) is 1. The molecule has 0 bridgehead atoms. The first-order valence-corrected chi connectivity index (χ1v) is 12.6. The van der Waals surface area contributed by atoms with Crippen LogP contribution < -0.4 is 14.8 Å². The fourth-order valence-corrected chi connectivity index (χ4v) is 6.05. The highest BCUT2D eigenvalue weighted by atomic mass is 32.2. The van der Waals surface area contributed by atoms with E-state index < -0.39 is 15.9 Å². The Morgan fingerprint density at radius 1 is 1.06 bits per heavy atom. The summed E-state index contributed by atoms with van der Waals surface area (Å²) in [4.78, 5) is 13.1. The van der Waals surface area contributed by atoms with Crippen molar-refractivity contribution in [3.05, 3.63) is 52.6 Å². The Balaban J connectivity index is 1.77. The molecule has 2 aromatic carbocycles. The molecule has 1 aliphatic heterocycles. The number of sulfonamides is 1. The lowest BCUT2D eigenvalue weighted by Crippen LogP contribution is -2.45. The van der Waals surface area contributed by atoms with Crippen molar-refractivity contribution >= 4 is 15.9 Å². The molecule has 0 radical (unpaired) electrons. The number of nitrogens with one attached hydrogen (secondary N) is 1. The molecule has 1 amide bonds. The molecule has 180 valence electrons. The van der Waals surface area contributed by atoms with E-state index >= 15 is 0 Å². The van der Waals surface area contributed by atoms with Crippen molar-refractivity contribution in [2.45, 2.75) is 51.5 Å². The summed E-state index contributed by atoms with van der Waals surface area (Å²) in [5.74, 6) is 0.136. The quantitative estimate of drug-likeness (QED) is 0.658. The summed E-state index contributed by atoms with van der Waals surface area (Å²) in [6.45, 7) is 8.63. The molecule has 2 atom stereocenters. The van der Waals surface area contributed by atoms with Crippen molar-refractivity contribution in [3.63, 3.8) is 0 Å². The van der Waals surface area contributed by atoms with E-state index in [0.717, 1.165) is 11.1 Å². The monoisotopic (exact) mass is 474 g/mol. The molecule has 2 unspecified atom stereocenters. The van der Waals surface area contributed by atoms with E-state index in [9.17, 15) is 13.2 Å². The first-order chi connectivity index (χ1) is 15.6. The van der Waals surface area contributed by atoms with Gasteiger partial charge in [-0.25, -0.2) is 8.42 Å². The molecule has 7 nitrogen and oxygen atoms in total. The Morgan fingerprint density at radius 3 is 2.42 bits per heavy atom. The van der Waals surface area contributed by atoms with Crippen LogP contribution in [-0.4, -0.2) is 45.9 Å². The third-order valence-corrected chi connectivity index (χ3v) is 8.34. The summed E-state index contributed by atoms with van der Waals surface area (Å²) < 4.78 is 38.7. The number of piperidine rings is 1. The second-order valence-electron chi connectivity index (χ2n) is 8.74. The van der Waals surface area contributed by atoms with Crippen molar-refractivity contribution in [3.8, 4) is 11.5 Å². The lowest BCUT2D eigenvalue weighted by molar-refractivity contribution is -0.126. The van der Waals surface area contributed by atoms with E-state index in [4.69, 9.17) is 9.47 Å². The summed E-state index contributed by atoms with van der Waals surface area (Å²) in [5.41, 5.74) is 4.60. The summed E-state index contributed by atoms with van der Waals surface area (Å²) in [7, 11) is -0.935. The Kier molecular flexibility index (Phi) is 7.69. The molecule has 1 heterocycles. The van der Waals surface area contributed by atoms with Gasteiger partial charge in [0.25, 0.3) is 0 Å². The largest absolute Gasteiger partial charge is 0.497 e. The maximum absolute atomic E-state index is 13.4. The van der Waals surface area contributed by atoms with Gasteiger partial charge in [-0.05, 0) is 74.9 Å². The number of rotatable bonds is 7. The second kappa shape index (κ2) is 10.1. The maximum Gasteiger partial charge on any atom is 0.246 e. The lowest BCUT2D eigenvalue weighted by Gasteiger charge is -2.32. The number of carbonyl (C=O) groups excluding carboxylic acids is 1. The number of methoxy groups -OCH3 is 2. The van der Waals surface area contributed by atoms with Crippen molar-refractivity contribution in [1.29, 1.82) is 0 Å². The SMILES string of the molecule is COc1ccc(OC)c(S(=O)(=O)N2CCCC(C(=O)NC(C)c3cc(C)c(C)cc3C)C2)c1. The van der Waals surface area contributed by atoms with Crippen LogP contribution in [-0.2, 0) is 14.8 Å². The molecule has 0 saturated carbocycles. The number of hydrogen-bond donors (Lipinski definition) is 1. The third kappa shape index (κ3) is 5.33. The Bertz CT molecular complexity index is 1130. The predicted molar refractivity (Wildman–Crippen MR) is 128 cm³/mol. The first kappa shape index (κ1) is 25.1. The molecule has 1 saturated heterocycles. The molecule has 0 spiro atoms. The maximum atomic E-state index is 13.4. The van der Waals surface area contributed by atoms with E-state index in [1.807, 2.05) is 13.8 Å². The molecule has 2 aromatic rings. The van der Waals surface area contributed by atoms with Crippen molar-refractivity contribution in [1.82, 2.24) is 9.62 Å². The number of hydrogen-bond acceptors (Lipinski definition) is 5. The van der Waals surface area contributed by atoms with Gasteiger partial charge < -0.3 is 14.8 Å². The van der Waals surface area contributed by atoms with Gasteiger partial charge in [0.05, 0.1) is 26.2 Å². The van der Waals surface area contributed by atoms with E-state index in [0.29, 0.717) is 25.1 Å². The molecular weight excluding hydrogens is 440 g/mol. The van der Waals surface area contributed by atoms with Gasteiger partial charge in [0.15, 0.2) is 0 Å². The summed E-state index contributed by atoms with van der Waals surface area (Å²) in [6, 6.07) is 8.77. The van der Waals surface area contributed by atoms with Crippen LogP contribution in [0.25, 0.3) is 0 Å². The van der Waals surface area contributed by atoms with Gasteiger partial charge in [-0.15, -0.1) is 0 Å². The fraction of sp³-hybridized carbons (Fsp3) is 0.480. The van der Waals surface area contributed by atoms with Gasteiger partial charge in [0.2, 0.25) is 15.9 Å². The van der Waals surface area contributed by atoms with Gasteiger partial charge in [-0.3, -0.25) is 4.79 Å². The normalized spacial score (nSPS) is 17.9. The predicted octanol–water partition coefficient (Wildman–Crippen LogP) is 3.91. The van der Waals surface area contributed by atoms with Crippen molar-refractivity contribution < 1.29 is 22.7 Å². The van der Waals surface area contributed by atoms with Crippen molar-refractivity contribution in [2.75, 3.05) is 27.3 Å². The summed E-state index contributed by atoms with van der Waals surface area (Å²) >= 11 is 0. The zero-order chi connectivity index (χ0) is 24.3. The molecule has 1 aliphatic rings. The van der Waals surface area contributed by atoms with Crippen LogP contribution in [0.2, 0.25) is 0 Å². The van der Waals surface area contributed by atoms with Gasteiger partial charge in [-0.2, -0.15) is 4.31 Å². The number of benzene rings is 2. The van der Waals surface area contributed by atoms with Gasteiger partial charge in [0, 0.05) is 19.2 Å². The van der Waals surface area contributed by atoms with Crippen LogP contribution >= 0.6 is 0 Å². The highest BCUT2D eigenvalue weighted by Crippen LogP contribution is 2.33. The molecule has 0 aliphatic carbocycles. The molecule has 33 heavy (non-hydrogen) atoms. The van der Waals surface area contributed by atoms with Gasteiger partial charge >= 0.3 is 0 Å². The van der Waals surface area contributed by atoms with Crippen LogP contribution in [0.5, 0.6) is 11.5 Å². The number of aryl methyl sites for hydroxylation is 3. The third-order valence-electron chi connectivity index (χ3n) is 6.45. The minimum Gasteiger partial charge on any atom is -0.497 e. The number of ether oxygens (including phenoxy) is 2. The zero-order valence-corrected chi connectivity index (χ0v) is 21.1. The van der Waals surface area contributed by atoms with Crippen LogP contribution in [0, 0.1) is 26.7 Å². The Labute approximate surface area is 197 Å². The van der Waals surface area contributed by atoms with E-state index in [1.165, 1.54) is 35.7 Å². The van der Waals surface area contributed by atoms with Crippen LogP contribution in [0.4, 0.5) is 0 Å². The van der Waals surface area contributed by atoms with E-state index in [-0.39, 0.29) is 29.1 Å². The summed E-state index contributed by atoms with van der Waals surface area (Å²) in [5, 5.41) is 3.10. The highest BCUT2D eigenvalue weighted by molar-refractivity contribution is 7.89. The average Bonchev–Trinajstić information content (AvgIpc) is 2.80. The Morgan fingerprint density at radius 2 is 1.76 bits per heavy atom. The van der Waals surface area contributed by atoms with E-state index in [2.05, 4.69) is 31.3 Å². The highest BCUT2D eigenvalue weighted by Gasteiger charge is 2.35. The minimum absolute atomic E-state index is 0.0459. The topological polar surface area (TPSA) is 84.9 Å². The zero-order valence-electron chi connectivity index (χ0n) is 20.3. The van der Waals surface area contributed by atoms with Crippen LogP contribution in [0.3, 0.4) is 0 Å². The molecule has 1 N–H and O–H groups in total. The standard InChI is InChI=1S/C25H34N2O5S/c1-16-12-18(3)22(13-17(16)2)19(4)26-25(28)20-8-7-11-27(15-20)33(29,30)24-14-21(31-5)9-10-23(24)32-6/h9-10,12-14,19-20H,7-8,11,15H2,1-6H3,(H,26,28). The first-order valence-electron chi connectivity index (χ1n) is 11.2. The number of amides is 1. The van der Waals surface area contributed by atoms with Gasteiger partial charge in [0.1, 0.15) is 16.4 Å². The minimum atomic E-state index is -3.85. The molecule has 8 heteroatoms. The van der Waals surface area contributed by atoms with E-state index in [1.54, 1.807) is 12.1 Å². The fourth-order valence-electron chi connectivity index (χ4n) is 4.36. The molecule has 1 fully saturated rings. The summed E-state index contributed by atoms with van der Waals surface area (Å²) in [6.07, 6.45) is 1.26. The molecule has 3 rings (SSSR count).